The van der Waals surface area contributed by atoms with Gasteiger partial charge in [0.15, 0.2) is 0 Å². The Morgan fingerprint density at radius 3 is 1.67 bits per heavy atom. The molecule has 10 aromatic rings. The summed E-state index contributed by atoms with van der Waals surface area (Å²) >= 11 is 1.89. The molecule has 10 rings (SSSR count). The number of hydrogen-bond donors (Lipinski definition) is 0. The van der Waals surface area contributed by atoms with Crippen molar-refractivity contribution >= 4 is 70.1 Å². The fraction of sp³-hybridized carbons (Fsp3) is 0. The molecule has 1 aromatic heterocycles. The molecular weight excluding hydrogens is 647 g/mol. The van der Waals surface area contributed by atoms with Gasteiger partial charge in [-0.1, -0.05) is 164 Å². The first-order chi connectivity index (χ1) is 25.8. The number of rotatable bonds is 6. The molecule has 0 aliphatic rings. The molecule has 244 valence electrons. The maximum Gasteiger partial charge on any atom is 0.0540 e. The van der Waals surface area contributed by atoms with Gasteiger partial charge in [0.1, 0.15) is 0 Å². The average molecular weight is 680 g/mol. The van der Waals surface area contributed by atoms with Gasteiger partial charge >= 0.3 is 0 Å². The molecule has 0 saturated carbocycles. The SMILES string of the molecule is c1ccc(-c2ccc(N(c3ccc(-c4cccc5c4ccc4c6ccccc6sc54)cc3)c3ccccc3-c3cccc4ccccc34)cc2)cc1. The topological polar surface area (TPSA) is 3.24 Å². The van der Waals surface area contributed by atoms with E-state index in [1.807, 2.05) is 11.3 Å². The molecule has 0 fully saturated rings. The number of thiophene rings is 1. The molecular formula is C50H33NS. The van der Waals surface area contributed by atoms with Crippen LogP contribution < -0.4 is 4.90 Å². The minimum Gasteiger partial charge on any atom is -0.310 e. The van der Waals surface area contributed by atoms with Crippen molar-refractivity contribution < 1.29 is 0 Å². The summed E-state index contributed by atoms with van der Waals surface area (Å²) in [5, 5.41) is 7.74. The Morgan fingerprint density at radius 2 is 0.846 bits per heavy atom. The van der Waals surface area contributed by atoms with Gasteiger partial charge in [0.2, 0.25) is 0 Å². The summed E-state index contributed by atoms with van der Waals surface area (Å²) in [5.41, 5.74) is 10.6. The van der Waals surface area contributed by atoms with Gasteiger partial charge in [-0.25, -0.2) is 0 Å². The van der Waals surface area contributed by atoms with Crippen molar-refractivity contribution in [3.05, 3.63) is 200 Å². The van der Waals surface area contributed by atoms with Crippen LogP contribution in [0, 0.1) is 0 Å². The lowest BCUT2D eigenvalue weighted by molar-refractivity contribution is 1.28. The highest BCUT2D eigenvalue weighted by Gasteiger charge is 2.19. The molecule has 0 radical (unpaired) electrons. The fourth-order valence-corrected chi connectivity index (χ4v) is 9.03. The van der Waals surface area contributed by atoms with Gasteiger partial charge in [-0.05, 0) is 80.4 Å². The van der Waals surface area contributed by atoms with E-state index in [4.69, 9.17) is 0 Å². The van der Waals surface area contributed by atoms with Gasteiger partial charge in [0.25, 0.3) is 0 Å². The molecule has 0 aliphatic carbocycles. The summed E-state index contributed by atoms with van der Waals surface area (Å²) < 4.78 is 2.69. The zero-order valence-electron chi connectivity index (χ0n) is 28.4. The quantitative estimate of drug-likeness (QED) is 0.169. The maximum absolute atomic E-state index is 2.40. The Kier molecular flexibility index (Phi) is 7.41. The lowest BCUT2D eigenvalue weighted by Crippen LogP contribution is -2.11. The molecule has 0 N–H and O–H groups in total. The lowest BCUT2D eigenvalue weighted by atomic mass is 9.95. The van der Waals surface area contributed by atoms with Crippen LogP contribution in [0.3, 0.4) is 0 Å². The molecule has 0 bridgehead atoms. The van der Waals surface area contributed by atoms with Crippen LogP contribution in [-0.2, 0) is 0 Å². The highest BCUT2D eigenvalue weighted by Crippen LogP contribution is 2.45. The van der Waals surface area contributed by atoms with E-state index >= 15 is 0 Å². The summed E-state index contributed by atoms with van der Waals surface area (Å²) in [4.78, 5) is 2.40. The van der Waals surface area contributed by atoms with Crippen LogP contribution in [0.15, 0.2) is 200 Å². The van der Waals surface area contributed by atoms with E-state index in [1.165, 1.54) is 75.1 Å². The van der Waals surface area contributed by atoms with Crippen LogP contribution in [0.25, 0.3) is 75.1 Å². The Hall–Kier alpha value is -6.48. The smallest absolute Gasteiger partial charge is 0.0540 e. The summed E-state index contributed by atoms with van der Waals surface area (Å²) in [6.45, 7) is 0. The van der Waals surface area contributed by atoms with Crippen molar-refractivity contribution in [2.24, 2.45) is 0 Å². The molecule has 1 nitrogen and oxygen atoms in total. The van der Waals surface area contributed by atoms with E-state index in [9.17, 15) is 0 Å². The first-order valence-corrected chi connectivity index (χ1v) is 18.6. The first kappa shape index (κ1) is 30.4. The lowest BCUT2D eigenvalue weighted by Gasteiger charge is -2.28. The number of nitrogens with zero attached hydrogens (tertiary/aromatic N) is 1. The van der Waals surface area contributed by atoms with Crippen molar-refractivity contribution in [3.63, 3.8) is 0 Å². The summed E-state index contributed by atoms with van der Waals surface area (Å²) in [6.07, 6.45) is 0. The molecule has 0 spiro atoms. The minimum absolute atomic E-state index is 1.11. The standard InChI is InChI=1S/C50H33NS/c1-2-12-34(13-3-1)35-24-28-38(29-25-35)51(48-22-8-6-17-44(48)42-20-10-15-36-14-4-5-16-40(36)42)39-30-26-37(27-31-39)41-19-11-21-46-43(41)32-33-47-45-18-7-9-23-49(45)52-50(46)47/h1-33H. The van der Waals surface area contributed by atoms with Crippen molar-refractivity contribution in [2.45, 2.75) is 0 Å². The molecule has 2 heteroatoms. The van der Waals surface area contributed by atoms with E-state index in [0.717, 1.165) is 17.1 Å². The van der Waals surface area contributed by atoms with Crippen LogP contribution in [0.4, 0.5) is 17.1 Å². The Bertz CT molecular complexity index is 2880. The van der Waals surface area contributed by atoms with Crippen molar-refractivity contribution in [1.82, 2.24) is 0 Å². The Morgan fingerprint density at radius 1 is 0.308 bits per heavy atom. The van der Waals surface area contributed by atoms with Gasteiger partial charge in [-0.2, -0.15) is 0 Å². The molecule has 9 aromatic carbocycles. The predicted octanol–water partition coefficient (Wildman–Crippen LogP) is 14.8. The second-order valence-corrected chi connectivity index (χ2v) is 14.3. The van der Waals surface area contributed by atoms with Crippen molar-refractivity contribution in [3.8, 4) is 33.4 Å². The third-order valence-electron chi connectivity index (χ3n) is 10.3. The highest BCUT2D eigenvalue weighted by atomic mass is 32.1. The monoisotopic (exact) mass is 679 g/mol. The second-order valence-electron chi connectivity index (χ2n) is 13.3. The first-order valence-electron chi connectivity index (χ1n) is 17.8. The van der Waals surface area contributed by atoms with Gasteiger partial charge in [0.05, 0.1) is 5.69 Å². The van der Waals surface area contributed by atoms with E-state index in [-0.39, 0.29) is 0 Å². The highest BCUT2D eigenvalue weighted by molar-refractivity contribution is 7.26. The summed E-state index contributed by atoms with van der Waals surface area (Å²) in [6, 6.07) is 72.8. The van der Waals surface area contributed by atoms with E-state index in [0.29, 0.717) is 0 Å². The van der Waals surface area contributed by atoms with Crippen LogP contribution in [-0.4, -0.2) is 0 Å². The van der Waals surface area contributed by atoms with Gasteiger partial charge in [0, 0.05) is 42.5 Å². The van der Waals surface area contributed by atoms with Crippen LogP contribution in [0.2, 0.25) is 0 Å². The van der Waals surface area contributed by atoms with Crippen molar-refractivity contribution in [2.75, 3.05) is 4.90 Å². The molecule has 1 heterocycles. The van der Waals surface area contributed by atoms with Crippen LogP contribution in [0.5, 0.6) is 0 Å². The van der Waals surface area contributed by atoms with Crippen LogP contribution in [0.1, 0.15) is 0 Å². The van der Waals surface area contributed by atoms with Crippen LogP contribution >= 0.6 is 11.3 Å². The van der Waals surface area contributed by atoms with Gasteiger partial charge < -0.3 is 4.90 Å². The molecule has 0 unspecified atom stereocenters. The second kappa shape index (κ2) is 12.7. The number of hydrogen-bond acceptors (Lipinski definition) is 2. The largest absolute Gasteiger partial charge is 0.310 e. The predicted molar refractivity (Wildman–Crippen MR) is 225 cm³/mol. The Labute approximate surface area is 307 Å². The molecule has 0 saturated heterocycles. The average Bonchev–Trinajstić information content (AvgIpc) is 3.61. The zero-order valence-corrected chi connectivity index (χ0v) is 29.2. The number of anilines is 3. The number of para-hydroxylation sites is 1. The fourth-order valence-electron chi connectivity index (χ4n) is 7.80. The number of benzene rings is 9. The molecule has 0 atom stereocenters. The van der Waals surface area contributed by atoms with Gasteiger partial charge in [-0.15, -0.1) is 11.3 Å². The summed E-state index contributed by atoms with van der Waals surface area (Å²) in [5.74, 6) is 0. The third-order valence-corrected chi connectivity index (χ3v) is 11.5. The van der Waals surface area contributed by atoms with Gasteiger partial charge in [-0.3, -0.25) is 0 Å². The molecule has 0 aliphatic heterocycles. The summed E-state index contributed by atoms with van der Waals surface area (Å²) in [7, 11) is 0. The van der Waals surface area contributed by atoms with E-state index in [2.05, 4.69) is 205 Å². The molecule has 0 amide bonds. The molecule has 52 heavy (non-hydrogen) atoms. The third kappa shape index (κ3) is 5.16. The maximum atomic E-state index is 2.40. The normalized spacial score (nSPS) is 11.5. The minimum atomic E-state index is 1.11. The van der Waals surface area contributed by atoms with E-state index < -0.39 is 0 Å². The Balaban J connectivity index is 1.11. The van der Waals surface area contributed by atoms with E-state index in [1.54, 1.807) is 0 Å². The number of fused-ring (bicyclic) bond motifs is 6. The van der Waals surface area contributed by atoms with Crippen molar-refractivity contribution in [1.29, 1.82) is 0 Å². The zero-order chi connectivity index (χ0) is 34.4.